The molecule has 0 radical (unpaired) electrons. The van der Waals surface area contributed by atoms with Gasteiger partial charge in [0.1, 0.15) is 0 Å². The first-order valence-electron chi connectivity index (χ1n) is 5.91. The van der Waals surface area contributed by atoms with E-state index in [-0.39, 0.29) is 6.04 Å². The van der Waals surface area contributed by atoms with Crippen LogP contribution in [0, 0.1) is 0 Å². The smallest absolute Gasteiger partial charge is 0.0837 e. The summed E-state index contributed by atoms with van der Waals surface area (Å²) in [7, 11) is 1.86. The second-order valence-corrected chi connectivity index (χ2v) is 5.40. The Morgan fingerprint density at radius 3 is 2.37 bits per heavy atom. The molecule has 19 heavy (non-hydrogen) atoms. The molecule has 0 aliphatic rings. The van der Waals surface area contributed by atoms with E-state index >= 15 is 0 Å². The monoisotopic (exact) mass is 317 g/mol. The molecule has 0 spiro atoms. The lowest BCUT2D eigenvalue weighted by atomic mass is 10.0. The van der Waals surface area contributed by atoms with E-state index in [0.717, 1.165) is 17.8 Å². The number of hydrogen-bond donors (Lipinski definition) is 1. The molecule has 2 aromatic rings. The Bertz CT molecular complexity index is 560. The van der Waals surface area contributed by atoms with Gasteiger partial charge in [0.15, 0.2) is 0 Å². The number of aromatic nitrogens is 2. The average Bonchev–Trinajstić information content (AvgIpc) is 2.71. The molecule has 6 heteroatoms. The van der Waals surface area contributed by atoms with Crippen molar-refractivity contribution >= 4 is 34.8 Å². The van der Waals surface area contributed by atoms with Gasteiger partial charge in [0.2, 0.25) is 0 Å². The van der Waals surface area contributed by atoms with Crippen LogP contribution in [-0.2, 0) is 6.54 Å². The quantitative estimate of drug-likeness (QED) is 0.917. The van der Waals surface area contributed by atoms with Crippen LogP contribution in [0.4, 0.5) is 0 Å². The maximum atomic E-state index is 6.24. The summed E-state index contributed by atoms with van der Waals surface area (Å²) >= 11 is 18.4. The van der Waals surface area contributed by atoms with Gasteiger partial charge in [-0.3, -0.25) is 4.68 Å². The van der Waals surface area contributed by atoms with Gasteiger partial charge in [0, 0.05) is 16.6 Å². The van der Waals surface area contributed by atoms with E-state index in [1.165, 1.54) is 0 Å². The van der Waals surface area contributed by atoms with Gasteiger partial charge in [-0.05, 0) is 37.7 Å². The van der Waals surface area contributed by atoms with Crippen molar-refractivity contribution in [3.8, 4) is 0 Å². The largest absolute Gasteiger partial charge is 0.308 e. The van der Waals surface area contributed by atoms with Crippen molar-refractivity contribution in [2.45, 2.75) is 19.5 Å². The fraction of sp³-hybridized carbons (Fsp3) is 0.308. The predicted octanol–water partition coefficient (Wildman–Crippen LogP) is 4.17. The van der Waals surface area contributed by atoms with E-state index in [0.29, 0.717) is 15.1 Å². The summed E-state index contributed by atoms with van der Waals surface area (Å²) in [5.41, 5.74) is 1.86. The molecule has 0 fully saturated rings. The van der Waals surface area contributed by atoms with Gasteiger partial charge in [-0.15, -0.1) is 0 Å². The molecule has 0 saturated heterocycles. The Morgan fingerprint density at radius 2 is 1.84 bits per heavy atom. The van der Waals surface area contributed by atoms with Crippen LogP contribution in [0.5, 0.6) is 0 Å². The molecule has 2 rings (SSSR count). The van der Waals surface area contributed by atoms with Crippen molar-refractivity contribution in [3.63, 3.8) is 0 Å². The Kier molecular flexibility index (Phi) is 4.74. The number of aryl methyl sites for hydroxylation is 1. The van der Waals surface area contributed by atoms with E-state index < -0.39 is 0 Å². The van der Waals surface area contributed by atoms with Crippen LogP contribution < -0.4 is 5.32 Å². The number of hydrogen-bond acceptors (Lipinski definition) is 2. The van der Waals surface area contributed by atoms with Crippen molar-refractivity contribution in [2.75, 3.05) is 7.05 Å². The Balaban J connectivity index is 2.52. The molecule has 1 N–H and O–H groups in total. The summed E-state index contributed by atoms with van der Waals surface area (Å²) in [5.74, 6) is 0. The second kappa shape index (κ2) is 6.14. The molecule has 0 saturated carbocycles. The maximum Gasteiger partial charge on any atom is 0.0837 e. The number of nitrogens with zero attached hydrogens (tertiary/aromatic N) is 2. The zero-order valence-corrected chi connectivity index (χ0v) is 12.9. The van der Waals surface area contributed by atoms with Crippen molar-refractivity contribution in [1.29, 1.82) is 0 Å². The molecule has 0 amide bonds. The minimum atomic E-state index is -0.105. The van der Waals surface area contributed by atoms with Crippen LogP contribution in [0.3, 0.4) is 0 Å². The van der Waals surface area contributed by atoms with Crippen LogP contribution in [0.15, 0.2) is 24.4 Å². The predicted molar refractivity (Wildman–Crippen MR) is 80.3 cm³/mol. The lowest BCUT2D eigenvalue weighted by Crippen LogP contribution is -2.21. The summed E-state index contributed by atoms with van der Waals surface area (Å²) in [5, 5.41) is 9.30. The zero-order chi connectivity index (χ0) is 14.0. The second-order valence-electron chi connectivity index (χ2n) is 4.12. The molecule has 1 unspecified atom stereocenters. The molecular weight excluding hydrogens is 305 g/mol. The lowest BCUT2D eigenvalue weighted by molar-refractivity contribution is 0.563. The molecule has 102 valence electrons. The SMILES string of the molecule is CCn1ncc(Cl)c1C(NC)c1cc(Cl)cc(Cl)c1. The third-order valence-corrected chi connectivity index (χ3v) is 3.64. The van der Waals surface area contributed by atoms with Crippen LogP contribution in [0.25, 0.3) is 0 Å². The summed E-state index contributed by atoms with van der Waals surface area (Å²) < 4.78 is 1.86. The standard InChI is InChI=1S/C13H14Cl3N3/c1-3-19-13(11(16)7-18-19)12(17-2)8-4-9(14)6-10(15)5-8/h4-7,12,17H,3H2,1-2H3. The normalized spacial score (nSPS) is 12.7. The lowest BCUT2D eigenvalue weighted by Gasteiger charge is -2.19. The average molecular weight is 319 g/mol. The first kappa shape index (κ1) is 14.7. The van der Waals surface area contributed by atoms with E-state index in [4.69, 9.17) is 34.8 Å². The maximum absolute atomic E-state index is 6.24. The topological polar surface area (TPSA) is 29.9 Å². The molecule has 0 bridgehead atoms. The zero-order valence-electron chi connectivity index (χ0n) is 10.6. The van der Waals surface area contributed by atoms with Crippen LogP contribution in [0.1, 0.15) is 24.2 Å². The van der Waals surface area contributed by atoms with Gasteiger partial charge >= 0.3 is 0 Å². The first-order valence-corrected chi connectivity index (χ1v) is 7.04. The van der Waals surface area contributed by atoms with Gasteiger partial charge in [-0.1, -0.05) is 34.8 Å². The highest BCUT2D eigenvalue weighted by Gasteiger charge is 2.21. The minimum Gasteiger partial charge on any atom is -0.308 e. The third kappa shape index (κ3) is 3.06. The van der Waals surface area contributed by atoms with E-state index in [1.54, 1.807) is 12.3 Å². The van der Waals surface area contributed by atoms with Crippen molar-refractivity contribution in [2.24, 2.45) is 0 Å². The number of rotatable bonds is 4. The van der Waals surface area contributed by atoms with E-state index in [1.807, 2.05) is 30.8 Å². The Hall–Kier alpha value is -0.740. The van der Waals surface area contributed by atoms with Gasteiger partial charge in [-0.25, -0.2) is 0 Å². The molecule has 1 atom stereocenters. The van der Waals surface area contributed by atoms with Crippen LogP contribution >= 0.6 is 34.8 Å². The van der Waals surface area contributed by atoms with Crippen molar-refractivity contribution < 1.29 is 0 Å². The van der Waals surface area contributed by atoms with E-state index in [9.17, 15) is 0 Å². The Labute approximate surface area is 127 Å². The molecule has 0 aliphatic carbocycles. The molecule has 0 aliphatic heterocycles. The molecule has 1 aromatic heterocycles. The van der Waals surface area contributed by atoms with Gasteiger partial charge in [0.05, 0.1) is 23.0 Å². The van der Waals surface area contributed by atoms with Gasteiger partial charge < -0.3 is 5.32 Å². The molecular formula is C13H14Cl3N3. The van der Waals surface area contributed by atoms with Crippen LogP contribution in [-0.4, -0.2) is 16.8 Å². The van der Waals surface area contributed by atoms with Crippen molar-refractivity contribution in [1.82, 2.24) is 15.1 Å². The fourth-order valence-corrected chi connectivity index (χ4v) is 2.91. The van der Waals surface area contributed by atoms with Crippen LogP contribution in [0.2, 0.25) is 15.1 Å². The number of halogens is 3. The highest BCUT2D eigenvalue weighted by atomic mass is 35.5. The fourth-order valence-electron chi connectivity index (χ4n) is 2.11. The number of benzene rings is 1. The summed E-state index contributed by atoms with van der Waals surface area (Å²) in [6.07, 6.45) is 1.65. The molecule has 1 heterocycles. The summed E-state index contributed by atoms with van der Waals surface area (Å²) in [4.78, 5) is 0. The minimum absolute atomic E-state index is 0.105. The molecule has 1 aromatic carbocycles. The van der Waals surface area contributed by atoms with Gasteiger partial charge in [0.25, 0.3) is 0 Å². The first-order chi connectivity index (χ1) is 9.06. The van der Waals surface area contributed by atoms with E-state index in [2.05, 4.69) is 10.4 Å². The number of nitrogens with one attached hydrogen (secondary N) is 1. The Morgan fingerprint density at radius 1 is 1.21 bits per heavy atom. The molecule has 3 nitrogen and oxygen atoms in total. The summed E-state index contributed by atoms with van der Waals surface area (Å²) in [6, 6.07) is 5.35. The van der Waals surface area contributed by atoms with Gasteiger partial charge in [-0.2, -0.15) is 5.10 Å². The highest BCUT2D eigenvalue weighted by molar-refractivity contribution is 6.34. The highest BCUT2D eigenvalue weighted by Crippen LogP contribution is 2.31. The summed E-state index contributed by atoms with van der Waals surface area (Å²) in [6.45, 7) is 2.76. The third-order valence-electron chi connectivity index (χ3n) is 2.91. The van der Waals surface area contributed by atoms with Crippen molar-refractivity contribution in [3.05, 3.63) is 50.7 Å².